The van der Waals surface area contributed by atoms with Crippen molar-refractivity contribution >= 4 is 0 Å². The van der Waals surface area contributed by atoms with Crippen LogP contribution in [0.1, 0.15) is 50.2 Å². The molecule has 3 saturated heterocycles. The van der Waals surface area contributed by atoms with Crippen LogP contribution in [0.4, 0.5) is 0 Å². The first-order valence-corrected chi connectivity index (χ1v) is 10.6. The van der Waals surface area contributed by atoms with E-state index in [1.54, 1.807) is 0 Å². The van der Waals surface area contributed by atoms with Gasteiger partial charge in [0.25, 0.3) is 0 Å². The molecule has 3 aliphatic heterocycles. The molecule has 0 aromatic heterocycles. The molecule has 3 heterocycles. The Balaban J connectivity index is 1.41. The van der Waals surface area contributed by atoms with E-state index in [0.29, 0.717) is 6.61 Å². The minimum Gasteiger partial charge on any atom is -0.494 e. The lowest BCUT2D eigenvalue weighted by Gasteiger charge is -2.40. The van der Waals surface area contributed by atoms with Crippen LogP contribution in [0, 0.1) is 11.8 Å². The molecule has 2 atom stereocenters. The standard InChI is InChI=1S/C22H34N2O2/c1-2-26-22-9-7-18(10-20(22)16-25)11-23-12-19-6-8-21(15-23)24(14-19)13-17-4-3-5-17/h7,9-10,17,19,21,25H,2-6,8,11-16H2,1H3/t19-,21+/m1/s1. The number of nitrogens with zero attached hydrogens (tertiary/aromatic N) is 2. The monoisotopic (exact) mass is 358 g/mol. The minimum absolute atomic E-state index is 0.0452. The molecule has 4 nitrogen and oxygen atoms in total. The molecule has 26 heavy (non-hydrogen) atoms. The van der Waals surface area contributed by atoms with Crippen molar-refractivity contribution in [1.29, 1.82) is 0 Å². The van der Waals surface area contributed by atoms with Crippen molar-refractivity contribution in [1.82, 2.24) is 9.80 Å². The maximum atomic E-state index is 9.66. The number of hydrogen-bond acceptors (Lipinski definition) is 4. The first-order valence-electron chi connectivity index (χ1n) is 10.6. The number of fused-ring (bicyclic) bond motifs is 4. The van der Waals surface area contributed by atoms with E-state index in [2.05, 4.69) is 21.9 Å². The number of hydrogen-bond donors (Lipinski definition) is 1. The second-order valence-corrected chi connectivity index (χ2v) is 8.58. The fraction of sp³-hybridized carbons (Fsp3) is 0.727. The normalized spacial score (nSPS) is 27.3. The Labute approximate surface area is 158 Å². The van der Waals surface area contributed by atoms with Crippen molar-refractivity contribution in [2.75, 3.05) is 32.8 Å². The van der Waals surface area contributed by atoms with Gasteiger partial charge in [0, 0.05) is 44.3 Å². The van der Waals surface area contributed by atoms with Gasteiger partial charge in [-0.15, -0.1) is 0 Å². The van der Waals surface area contributed by atoms with E-state index < -0.39 is 0 Å². The highest BCUT2D eigenvalue weighted by molar-refractivity contribution is 5.37. The first kappa shape index (κ1) is 18.3. The van der Waals surface area contributed by atoms with Crippen LogP contribution < -0.4 is 4.74 Å². The third kappa shape index (κ3) is 4.08. The van der Waals surface area contributed by atoms with Crippen molar-refractivity contribution in [3.05, 3.63) is 29.3 Å². The molecule has 1 aromatic carbocycles. The Bertz CT molecular complexity index is 602. The molecule has 144 valence electrons. The van der Waals surface area contributed by atoms with Gasteiger partial charge in [-0.2, -0.15) is 0 Å². The van der Waals surface area contributed by atoms with E-state index in [4.69, 9.17) is 4.74 Å². The minimum atomic E-state index is 0.0452. The number of piperidine rings is 1. The van der Waals surface area contributed by atoms with E-state index in [0.717, 1.165) is 35.7 Å². The molecule has 2 bridgehead atoms. The third-order valence-electron chi connectivity index (χ3n) is 6.62. The number of benzene rings is 1. The van der Waals surface area contributed by atoms with E-state index in [9.17, 15) is 5.11 Å². The van der Waals surface area contributed by atoms with Gasteiger partial charge in [-0.25, -0.2) is 0 Å². The number of aliphatic hydroxyl groups excluding tert-OH is 1. The van der Waals surface area contributed by atoms with E-state index in [1.807, 2.05) is 13.0 Å². The van der Waals surface area contributed by atoms with Crippen LogP contribution in [0.25, 0.3) is 0 Å². The molecule has 4 heteroatoms. The summed E-state index contributed by atoms with van der Waals surface area (Å²) in [5, 5.41) is 9.66. The lowest BCUT2D eigenvalue weighted by atomic mass is 9.83. The predicted molar refractivity (Wildman–Crippen MR) is 104 cm³/mol. The van der Waals surface area contributed by atoms with E-state index in [-0.39, 0.29) is 6.61 Å². The molecule has 0 spiro atoms. The smallest absolute Gasteiger partial charge is 0.124 e. The van der Waals surface area contributed by atoms with Gasteiger partial charge in [-0.1, -0.05) is 12.5 Å². The molecule has 4 aliphatic rings. The molecule has 0 unspecified atom stereocenters. The van der Waals surface area contributed by atoms with Crippen LogP contribution in [0.15, 0.2) is 18.2 Å². The number of ether oxygens (including phenoxy) is 1. The van der Waals surface area contributed by atoms with Gasteiger partial charge in [0.05, 0.1) is 13.2 Å². The zero-order chi connectivity index (χ0) is 17.9. The molecule has 0 radical (unpaired) electrons. The summed E-state index contributed by atoms with van der Waals surface area (Å²) in [4.78, 5) is 5.47. The zero-order valence-electron chi connectivity index (χ0n) is 16.2. The quantitative estimate of drug-likeness (QED) is 0.811. The van der Waals surface area contributed by atoms with Gasteiger partial charge in [0.15, 0.2) is 0 Å². The van der Waals surface area contributed by atoms with E-state index >= 15 is 0 Å². The fourth-order valence-electron chi connectivity index (χ4n) is 5.05. The molecular formula is C22H34N2O2. The lowest BCUT2D eigenvalue weighted by Crippen LogP contribution is -2.46. The fourth-order valence-corrected chi connectivity index (χ4v) is 5.05. The Morgan fingerprint density at radius 2 is 2.00 bits per heavy atom. The Hall–Kier alpha value is -1.10. The van der Waals surface area contributed by atoms with Crippen LogP contribution >= 0.6 is 0 Å². The van der Waals surface area contributed by atoms with Gasteiger partial charge in [-0.3, -0.25) is 9.80 Å². The maximum absolute atomic E-state index is 9.66. The van der Waals surface area contributed by atoms with Gasteiger partial charge in [-0.05, 0) is 62.1 Å². The summed E-state index contributed by atoms with van der Waals surface area (Å²) in [5.41, 5.74) is 2.21. The summed E-state index contributed by atoms with van der Waals surface area (Å²) in [6.07, 6.45) is 7.12. The summed E-state index contributed by atoms with van der Waals surface area (Å²) in [6, 6.07) is 7.07. The topological polar surface area (TPSA) is 35.9 Å². The predicted octanol–water partition coefficient (Wildman–Crippen LogP) is 3.27. The summed E-state index contributed by atoms with van der Waals surface area (Å²) < 4.78 is 5.62. The van der Waals surface area contributed by atoms with Crippen LogP contribution in [0.2, 0.25) is 0 Å². The zero-order valence-corrected chi connectivity index (χ0v) is 16.2. The molecule has 5 rings (SSSR count). The molecule has 0 amide bonds. The van der Waals surface area contributed by atoms with Crippen LogP contribution in [0.5, 0.6) is 5.75 Å². The highest BCUT2D eigenvalue weighted by atomic mass is 16.5. The second kappa shape index (κ2) is 8.28. The lowest BCUT2D eigenvalue weighted by molar-refractivity contribution is 0.0891. The van der Waals surface area contributed by atoms with Gasteiger partial charge in [0.2, 0.25) is 0 Å². The summed E-state index contributed by atoms with van der Waals surface area (Å²) in [6.45, 7) is 8.73. The van der Waals surface area contributed by atoms with Gasteiger partial charge < -0.3 is 9.84 Å². The summed E-state index contributed by atoms with van der Waals surface area (Å²) >= 11 is 0. The van der Waals surface area contributed by atoms with Crippen LogP contribution in [0.3, 0.4) is 0 Å². The van der Waals surface area contributed by atoms with E-state index in [1.165, 1.54) is 63.8 Å². The number of aliphatic hydroxyl groups is 1. The third-order valence-corrected chi connectivity index (χ3v) is 6.62. The van der Waals surface area contributed by atoms with Crippen molar-refractivity contribution < 1.29 is 9.84 Å². The van der Waals surface area contributed by atoms with Crippen molar-refractivity contribution in [3.63, 3.8) is 0 Å². The van der Waals surface area contributed by atoms with Gasteiger partial charge >= 0.3 is 0 Å². The van der Waals surface area contributed by atoms with Crippen molar-refractivity contribution in [3.8, 4) is 5.75 Å². The average molecular weight is 359 g/mol. The van der Waals surface area contributed by atoms with Crippen molar-refractivity contribution in [2.24, 2.45) is 11.8 Å². The molecular weight excluding hydrogens is 324 g/mol. The van der Waals surface area contributed by atoms with Crippen LogP contribution in [-0.2, 0) is 13.2 Å². The molecule has 1 N–H and O–H groups in total. The Morgan fingerprint density at radius 3 is 2.73 bits per heavy atom. The molecule has 1 aliphatic carbocycles. The highest BCUT2D eigenvalue weighted by Crippen LogP contribution is 2.33. The first-order chi connectivity index (χ1) is 12.7. The van der Waals surface area contributed by atoms with Crippen molar-refractivity contribution in [2.45, 2.75) is 58.2 Å². The average Bonchev–Trinajstić information content (AvgIpc) is 2.90. The molecule has 4 fully saturated rings. The van der Waals surface area contributed by atoms with Crippen LogP contribution in [-0.4, -0.2) is 53.7 Å². The molecule has 1 aromatic rings. The maximum Gasteiger partial charge on any atom is 0.124 e. The summed E-state index contributed by atoms with van der Waals surface area (Å²) in [5.74, 6) is 2.62. The summed E-state index contributed by atoms with van der Waals surface area (Å²) in [7, 11) is 0. The molecule has 1 saturated carbocycles. The largest absolute Gasteiger partial charge is 0.494 e. The second-order valence-electron chi connectivity index (χ2n) is 8.58. The Kier molecular flexibility index (Phi) is 5.82. The Morgan fingerprint density at radius 1 is 1.12 bits per heavy atom. The number of rotatable bonds is 7. The highest BCUT2D eigenvalue weighted by Gasteiger charge is 2.36. The SMILES string of the molecule is CCOc1ccc(CN2C[C@H]3CC[C@@H](C2)N(CC2CCC2)C3)cc1CO. The van der Waals surface area contributed by atoms with Gasteiger partial charge in [0.1, 0.15) is 5.75 Å².